The fourth-order valence-corrected chi connectivity index (χ4v) is 4.08. The molecule has 1 atom stereocenters. The molecule has 0 aliphatic carbocycles. The minimum Gasteiger partial charge on any atom is -0.379 e. The number of aromatic nitrogens is 1. The van der Waals surface area contributed by atoms with Crippen molar-refractivity contribution in [1.29, 1.82) is 0 Å². The first-order valence-electron chi connectivity index (χ1n) is 8.82. The number of aliphatic hydroxyl groups is 1. The summed E-state index contributed by atoms with van der Waals surface area (Å²) < 4.78 is 26.5. The maximum atomic E-state index is 13.4. The summed E-state index contributed by atoms with van der Waals surface area (Å²) in [7, 11) is 1.84. The van der Waals surface area contributed by atoms with Gasteiger partial charge in [-0.1, -0.05) is 6.07 Å². The highest BCUT2D eigenvalue weighted by molar-refractivity contribution is 7.09. The minimum absolute atomic E-state index is 0.146. The molecule has 1 aliphatic rings. The van der Waals surface area contributed by atoms with Crippen molar-refractivity contribution in [3.05, 3.63) is 51.5 Å². The molecule has 1 unspecified atom stereocenters. The van der Waals surface area contributed by atoms with Gasteiger partial charge in [0.1, 0.15) is 0 Å². The Labute approximate surface area is 161 Å². The van der Waals surface area contributed by atoms with Gasteiger partial charge in [0.2, 0.25) is 0 Å². The molecule has 1 aliphatic heterocycles. The highest BCUT2D eigenvalue weighted by atomic mass is 32.1. The summed E-state index contributed by atoms with van der Waals surface area (Å²) in [6, 6.07) is 3.60. The molecule has 2 aromatic rings. The fraction of sp³-hybridized carbons (Fsp3) is 0.474. The number of aryl methyl sites for hydroxylation is 1. The van der Waals surface area contributed by atoms with E-state index < -0.39 is 17.2 Å². The number of nitrogens with zero attached hydrogens (tertiary/aromatic N) is 3. The van der Waals surface area contributed by atoms with Crippen LogP contribution in [0.2, 0.25) is 0 Å². The summed E-state index contributed by atoms with van der Waals surface area (Å²) in [6.07, 6.45) is 1.02. The molecular formula is C19H23F2N3O2S. The van der Waals surface area contributed by atoms with Gasteiger partial charge >= 0.3 is 0 Å². The Balaban J connectivity index is 1.66. The smallest absolute Gasteiger partial charge is 0.256 e. The number of rotatable bonds is 6. The van der Waals surface area contributed by atoms with Crippen LogP contribution in [0.5, 0.6) is 0 Å². The third-order valence-electron chi connectivity index (χ3n) is 4.69. The number of carbonyl (C=O) groups excluding carboxylic acids is 1. The van der Waals surface area contributed by atoms with E-state index >= 15 is 0 Å². The standard InChI is InChI=1S/C19H23F2N3O2S/c1-13-22-15(11-27-13)10-23(2)12-19(26)6-3-7-24(18(19)25)9-14-4-5-16(20)17(21)8-14/h4-5,8,11,26H,3,6-7,9-10,12H2,1-2H3. The second-order valence-electron chi connectivity index (χ2n) is 7.14. The van der Waals surface area contributed by atoms with Crippen LogP contribution in [0.4, 0.5) is 8.78 Å². The summed E-state index contributed by atoms with van der Waals surface area (Å²) in [5.74, 6) is -2.23. The Morgan fingerprint density at radius 1 is 1.37 bits per heavy atom. The van der Waals surface area contributed by atoms with Crippen molar-refractivity contribution in [3.63, 3.8) is 0 Å². The lowest BCUT2D eigenvalue weighted by Gasteiger charge is -2.40. The minimum atomic E-state index is -1.49. The van der Waals surface area contributed by atoms with E-state index in [4.69, 9.17) is 0 Å². The first kappa shape index (κ1) is 19.9. The monoisotopic (exact) mass is 395 g/mol. The van der Waals surface area contributed by atoms with E-state index in [9.17, 15) is 18.7 Å². The number of amides is 1. The van der Waals surface area contributed by atoms with Crippen LogP contribution in [0.1, 0.15) is 29.1 Å². The van der Waals surface area contributed by atoms with E-state index in [0.717, 1.165) is 22.8 Å². The number of halogens is 2. The van der Waals surface area contributed by atoms with Crippen LogP contribution in [0.3, 0.4) is 0 Å². The fourth-order valence-electron chi connectivity index (χ4n) is 3.48. The van der Waals surface area contributed by atoms with Gasteiger partial charge in [-0.15, -0.1) is 11.3 Å². The molecule has 1 aromatic heterocycles. The van der Waals surface area contributed by atoms with E-state index in [2.05, 4.69) is 4.98 Å². The topological polar surface area (TPSA) is 56.7 Å². The van der Waals surface area contributed by atoms with Gasteiger partial charge in [-0.3, -0.25) is 9.69 Å². The zero-order chi connectivity index (χ0) is 19.6. The molecule has 146 valence electrons. The molecule has 1 N–H and O–H groups in total. The van der Waals surface area contributed by atoms with E-state index in [-0.39, 0.29) is 19.0 Å². The van der Waals surface area contributed by atoms with Crippen LogP contribution in [0.15, 0.2) is 23.6 Å². The summed E-state index contributed by atoms with van der Waals surface area (Å²) in [5, 5.41) is 13.9. The summed E-state index contributed by atoms with van der Waals surface area (Å²) in [5.41, 5.74) is -0.0836. The molecule has 0 bridgehead atoms. The molecule has 1 amide bonds. The van der Waals surface area contributed by atoms with Crippen LogP contribution in [-0.2, 0) is 17.9 Å². The Kier molecular flexibility index (Phi) is 5.88. The van der Waals surface area contributed by atoms with Crippen molar-refractivity contribution in [3.8, 4) is 0 Å². The van der Waals surface area contributed by atoms with Gasteiger partial charge in [0, 0.05) is 31.6 Å². The van der Waals surface area contributed by atoms with E-state index in [1.165, 1.54) is 11.0 Å². The number of likely N-dealkylation sites (tertiary alicyclic amines) is 1. The van der Waals surface area contributed by atoms with Crippen LogP contribution in [0, 0.1) is 18.6 Å². The molecule has 2 heterocycles. The van der Waals surface area contributed by atoms with Crippen LogP contribution >= 0.6 is 11.3 Å². The third-order valence-corrected chi connectivity index (χ3v) is 5.51. The number of carbonyl (C=O) groups is 1. The zero-order valence-electron chi connectivity index (χ0n) is 15.4. The van der Waals surface area contributed by atoms with Gasteiger partial charge < -0.3 is 10.0 Å². The number of thiazole rings is 1. The lowest BCUT2D eigenvalue weighted by atomic mass is 9.90. The van der Waals surface area contributed by atoms with Gasteiger partial charge in [-0.2, -0.15) is 0 Å². The number of likely N-dealkylation sites (N-methyl/N-ethyl adjacent to an activating group) is 1. The van der Waals surface area contributed by atoms with E-state index in [1.54, 1.807) is 11.3 Å². The van der Waals surface area contributed by atoms with Gasteiger partial charge in [-0.05, 0) is 44.5 Å². The van der Waals surface area contributed by atoms with Gasteiger partial charge in [-0.25, -0.2) is 13.8 Å². The van der Waals surface area contributed by atoms with Crippen molar-refractivity contribution in [2.45, 2.75) is 38.5 Å². The zero-order valence-corrected chi connectivity index (χ0v) is 16.2. The number of benzene rings is 1. The molecule has 3 rings (SSSR count). The van der Waals surface area contributed by atoms with Crippen LogP contribution < -0.4 is 0 Å². The maximum absolute atomic E-state index is 13.4. The molecule has 0 spiro atoms. The largest absolute Gasteiger partial charge is 0.379 e. The predicted molar refractivity (Wildman–Crippen MR) is 99.1 cm³/mol. The van der Waals surface area contributed by atoms with E-state index in [1.807, 2.05) is 24.3 Å². The SMILES string of the molecule is Cc1nc(CN(C)CC2(O)CCCN(Cc3ccc(F)c(F)c3)C2=O)cs1. The summed E-state index contributed by atoms with van der Waals surface area (Å²) in [6.45, 7) is 3.30. The lowest BCUT2D eigenvalue weighted by Crippen LogP contribution is -2.57. The Morgan fingerprint density at radius 2 is 2.15 bits per heavy atom. The highest BCUT2D eigenvalue weighted by Crippen LogP contribution is 2.26. The number of hydrogen-bond acceptors (Lipinski definition) is 5. The molecule has 5 nitrogen and oxygen atoms in total. The second-order valence-corrected chi connectivity index (χ2v) is 8.20. The van der Waals surface area contributed by atoms with Crippen molar-refractivity contribution < 1.29 is 18.7 Å². The van der Waals surface area contributed by atoms with Crippen molar-refractivity contribution in [2.75, 3.05) is 20.1 Å². The molecule has 8 heteroatoms. The summed E-state index contributed by atoms with van der Waals surface area (Å²) in [4.78, 5) is 20.7. The Hall–Kier alpha value is -1.90. The van der Waals surface area contributed by atoms with Crippen LogP contribution in [-0.4, -0.2) is 51.5 Å². The predicted octanol–water partition coefficient (Wildman–Crippen LogP) is 2.72. The van der Waals surface area contributed by atoms with E-state index in [0.29, 0.717) is 31.5 Å². The molecule has 1 fully saturated rings. The first-order chi connectivity index (χ1) is 12.8. The Bertz CT molecular complexity index is 829. The second kappa shape index (κ2) is 8.00. The third kappa shape index (κ3) is 4.69. The van der Waals surface area contributed by atoms with Crippen LogP contribution in [0.25, 0.3) is 0 Å². The lowest BCUT2D eigenvalue weighted by molar-refractivity contribution is -0.160. The Morgan fingerprint density at radius 3 is 2.81 bits per heavy atom. The van der Waals surface area contributed by atoms with Crippen molar-refractivity contribution in [1.82, 2.24) is 14.8 Å². The first-order valence-corrected chi connectivity index (χ1v) is 9.70. The molecule has 1 saturated heterocycles. The molecule has 1 aromatic carbocycles. The van der Waals surface area contributed by atoms with Gasteiger partial charge in [0.15, 0.2) is 17.2 Å². The maximum Gasteiger partial charge on any atom is 0.256 e. The molecular weight excluding hydrogens is 372 g/mol. The van der Waals surface area contributed by atoms with Gasteiger partial charge in [0.25, 0.3) is 5.91 Å². The summed E-state index contributed by atoms with van der Waals surface area (Å²) >= 11 is 1.56. The number of hydrogen-bond donors (Lipinski definition) is 1. The van der Waals surface area contributed by atoms with Crippen molar-refractivity contribution >= 4 is 17.2 Å². The number of piperidine rings is 1. The average molecular weight is 395 g/mol. The highest BCUT2D eigenvalue weighted by Gasteiger charge is 2.42. The molecule has 27 heavy (non-hydrogen) atoms. The van der Waals surface area contributed by atoms with Crippen molar-refractivity contribution in [2.24, 2.45) is 0 Å². The average Bonchev–Trinajstić information content (AvgIpc) is 3.00. The quantitative estimate of drug-likeness (QED) is 0.817. The molecule has 0 radical (unpaired) electrons. The van der Waals surface area contributed by atoms with Gasteiger partial charge in [0.05, 0.1) is 10.7 Å². The molecule has 0 saturated carbocycles. The normalized spacial score (nSPS) is 20.5.